The Kier molecular flexibility index (Phi) is 7.49. The van der Waals surface area contributed by atoms with Gasteiger partial charge in [0.15, 0.2) is 5.17 Å². The topological polar surface area (TPSA) is 71.0 Å². The van der Waals surface area contributed by atoms with Crippen LogP contribution < -0.4 is 5.32 Å². The van der Waals surface area contributed by atoms with Gasteiger partial charge in [-0.25, -0.2) is 9.79 Å². The van der Waals surface area contributed by atoms with Crippen LogP contribution in [0.3, 0.4) is 0 Å². The van der Waals surface area contributed by atoms with E-state index in [2.05, 4.69) is 10.3 Å². The highest BCUT2D eigenvalue weighted by Crippen LogP contribution is 2.45. The van der Waals surface area contributed by atoms with Crippen LogP contribution in [0.4, 0.5) is 0 Å². The highest BCUT2D eigenvalue weighted by atomic mass is 35.5. The molecule has 166 valence electrons. The molecule has 0 radical (unpaired) electrons. The Morgan fingerprint density at radius 1 is 1.32 bits per heavy atom. The molecule has 0 aromatic heterocycles. The lowest BCUT2D eigenvalue weighted by Gasteiger charge is -2.36. The van der Waals surface area contributed by atoms with Crippen LogP contribution in [0.5, 0.6) is 0 Å². The van der Waals surface area contributed by atoms with Crippen LogP contribution in [0.15, 0.2) is 51.6 Å². The van der Waals surface area contributed by atoms with Crippen LogP contribution in [0.2, 0.25) is 5.02 Å². The average molecular weight is 462 g/mol. The number of ether oxygens (including phenoxy) is 1. The third-order valence-electron chi connectivity index (χ3n) is 5.09. The van der Waals surface area contributed by atoms with Gasteiger partial charge in [0, 0.05) is 16.8 Å². The van der Waals surface area contributed by atoms with E-state index in [-0.39, 0.29) is 24.5 Å². The molecular weight excluding hydrogens is 434 g/mol. The van der Waals surface area contributed by atoms with Crippen molar-refractivity contribution < 1.29 is 14.3 Å². The van der Waals surface area contributed by atoms with Crippen LogP contribution in [0.1, 0.15) is 59.1 Å². The smallest absolute Gasteiger partial charge is 0.338 e. The summed E-state index contributed by atoms with van der Waals surface area (Å²) in [5.41, 5.74) is 2.69. The summed E-state index contributed by atoms with van der Waals surface area (Å²) in [6, 6.07) is 7.03. The Labute approximate surface area is 192 Å². The summed E-state index contributed by atoms with van der Waals surface area (Å²) in [7, 11) is 0. The van der Waals surface area contributed by atoms with Crippen LogP contribution in [0.25, 0.3) is 0 Å². The number of carbonyl (C=O) groups excluding carboxylic acids is 2. The van der Waals surface area contributed by atoms with Crippen LogP contribution >= 0.6 is 23.4 Å². The maximum atomic E-state index is 13.1. The minimum atomic E-state index is -0.477. The zero-order valence-corrected chi connectivity index (χ0v) is 20.0. The SMILES string of the molecule is CCC(C)NC(=O)CC1=CSC2=NC(C)=C(C(=O)OC(C)C)C(c3cccc(Cl)c3)N12. The second-order valence-electron chi connectivity index (χ2n) is 7.96. The van der Waals surface area contributed by atoms with Crippen molar-refractivity contribution in [3.8, 4) is 0 Å². The Bertz CT molecular complexity index is 971. The first-order chi connectivity index (χ1) is 14.7. The van der Waals surface area contributed by atoms with Gasteiger partial charge in [0.05, 0.1) is 29.8 Å². The molecule has 0 fully saturated rings. The van der Waals surface area contributed by atoms with Crippen LogP contribution in [-0.4, -0.2) is 34.1 Å². The van der Waals surface area contributed by atoms with Crippen molar-refractivity contribution in [3.05, 3.63) is 57.2 Å². The molecule has 2 aliphatic heterocycles. The van der Waals surface area contributed by atoms with Crippen LogP contribution in [0, 0.1) is 0 Å². The third-order valence-corrected chi connectivity index (χ3v) is 6.21. The van der Waals surface area contributed by atoms with Gasteiger partial charge < -0.3 is 15.0 Å². The first-order valence-corrected chi connectivity index (χ1v) is 11.7. The van der Waals surface area contributed by atoms with E-state index in [1.165, 1.54) is 11.8 Å². The molecule has 0 saturated heterocycles. The molecule has 1 aromatic rings. The summed E-state index contributed by atoms with van der Waals surface area (Å²) in [5, 5.41) is 6.23. The van der Waals surface area contributed by atoms with E-state index in [4.69, 9.17) is 16.3 Å². The fourth-order valence-corrected chi connectivity index (χ4v) is 4.66. The van der Waals surface area contributed by atoms with E-state index in [0.717, 1.165) is 22.8 Å². The van der Waals surface area contributed by atoms with Gasteiger partial charge in [-0.2, -0.15) is 0 Å². The maximum Gasteiger partial charge on any atom is 0.338 e. The number of thioether (sulfide) groups is 1. The number of amides is 1. The van der Waals surface area contributed by atoms with E-state index >= 15 is 0 Å². The molecule has 1 N–H and O–H groups in total. The number of fused-ring (bicyclic) bond motifs is 1. The largest absolute Gasteiger partial charge is 0.459 e. The minimum absolute atomic E-state index is 0.0649. The molecule has 0 saturated carbocycles. The lowest BCUT2D eigenvalue weighted by molar-refractivity contribution is -0.143. The lowest BCUT2D eigenvalue weighted by Crippen LogP contribution is -2.39. The number of benzene rings is 1. The van der Waals surface area contributed by atoms with Gasteiger partial charge >= 0.3 is 5.97 Å². The van der Waals surface area contributed by atoms with Gasteiger partial charge in [0.2, 0.25) is 5.91 Å². The number of nitrogens with one attached hydrogen (secondary N) is 1. The summed E-state index contributed by atoms with van der Waals surface area (Å²) in [4.78, 5) is 32.3. The fraction of sp³-hybridized carbons (Fsp3) is 0.435. The predicted octanol–water partition coefficient (Wildman–Crippen LogP) is 5.17. The zero-order chi connectivity index (χ0) is 22.7. The number of hydrogen-bond donors (Lipinski definition) is 1. The summed E-state index contributed by atoms with van der Waals surface area (Å²) in [5.74, 6) is -0.481. The highest BCUT2D eigenvalue weighted by molar-refractivity contribution is 8.16. The number of esters is 1. The molecule has 0 aliphatic carbocycles. The van der Waals surface area contributed by atoms with E-state index in [0.29, 0.717) is 16.3 Å². The van der Waals surface area contributed by atoms with Gasteiger partial charge in [-0.1, -0.05) is 42.4 Å². The number of aliphatic imine (C=N–C) groups is 1. The van der Waals surface area contributed by atoms with Crippen molar-refractivity contribution in [2.75, 3.05) is 0 Å². The van der Waals surface area contributed by atoms with Gasteiger partial charge in [-0.3, -0.25) is 4.79 Å². The van der Waals surface area contributed by atoms with E-state index < -0.39 is 12.0 Å². The van der Waals surface area contributed by atoms with Crippen molar-refractivity contribution in [2.45, 2.75) is 65.6 Å². The van der Waals surface area contributed by atoms with Crippen molar-refractivity contribution in [1.29, 1.82) is 0 Å². The molecule has 1 aromatic carbocycles. The standard InChI is InChI=1S/C23H28ClN3O3S/c1-6-14(4)25-19(28)11-18-12-31-23-26-15(5)20(22(29)30-13(2)3)21(27(18)23)16-8-7-9-17(24)10-16/h7-10,12-14,21H,6,11H2,1-5H3,(H,25,28). The molecule has 31 heavy (non-hydrogen) atoms. The third kappa shape index (κ3) is 5.33. The minimum Gasteiger partial charge on any atom is -0.459 e. The Morgan fingerprint density at radius 2 is 2.06 bits per heavy atom. The number of carbonyl (C=O) groups is 2. The van der Waals surface area contributed by atoms with Crippen molar-refractivity contribution in [3.63, 3.8) is 0 Å². The van der Waals surface area contributed by atoms with E-state index in [1.54, 1.807) is 6.07 Å². The van der Waals surface area contributed by atoms with Crippen molar-refractivity contribution in [2.24, 2.45) is 4.99 Å². The first kappa shape index (κ1) is 23.4. The number of hydrogen-bond acceptors (Lipinski definition) is 6. The molecule has 0 bridgehead atoms. The molecule has 8 heteroatoms. The van der Waals surface area contributed by atoms with Gasteiger partial charge in [0.25, 0.3) is 0 Å². The summed E-state index contributed by atoms with van der Waals surface area (Å²) in [6.45, 7) is 9.45. The number of halogens is 1. The second-order valence-corrected chi connectivity index (χ2v) is 9.23. The molecule has 3 rings (SSSR count). The molecule has 0 spiro atoms. The van der Waals surface area contributed by atoms with Gasteiger partial charge in [0.1, 0.15) is 0 Å². The quantitative estimate of drug-likeness (QED) is 0.567. The number of rotatable bonds is 7. The number of amidine groups is 1. The zero-order valence-electron chi connectivity index (χ0n) is 18.4. The average Bonchev–Trinajstić information content (AvgIpc) is 3.07. The Balaban J connectivity index is 2.01. The summed E-state index contributed by atoms with van der Waals surface area (Å²) >= 11 is 7.73. The Hall–Kier alpha value is -2.25. The van der Waals surface area contributed by atoms with E-state index in [9.17, 15) is 9.59 Å². The van der Waals surface area contributed by atoms with Gasteiger partial charge in [-0.15, -0.1) is 0 Å². The molecular formula is C23H28ClN3O3S. The summed E-state index contributed by atoms with van der Waals surface area (Å²) in [6.07, 6.45) is 0.787. The lowest BCUT2D eigenvalue weighted by atomic mass is 9.94. The van der Waals surface area contributed by atoms with Crippen LogP contribution in [-0.2, 0) is 14.3 Å². The Morgan fingerprint density at radius 3 is 2.71 bits per heavy atom. The van der Waals surface area contributed by atoms with Crippen molar-refractivity contribution in [1.82, 2.24) is 10.2 Å². The number of allylic oxidation sites excluding steroid dienone is 1. The molecule has 1 amide bonds. The number of nitrogens with zero attached hydrogens (tertiary/aromatic N) is 2. The van der Waals surface area contributed by atoms with Crippen molar-refractivity contribution >= 4 is 40.4 Å². The molecule has 2 unspecified atom stereocenters. The highest BCUT2D eigenvalue weighted by Gasteiger charge is 2.41. The first-order valence-electron chi connectivity index (χ1n) is 10.4. The van der Waals surface area contributed by atoms with E-state index in [1.807, 2.05) is 63.1 Å². The molecule has 2 heterocycles. The molecule has 2 aliphatic rings. The maximum absolute atomic E-state index is 13.1. The summed E-state index contributed by atoms with van der Waals surface area (Å²) < 4.78 is 5.54. The predicted molar refractivity (Wildman–Crippen MR) is 126 cm³/mol. The molecule has 6 nitrogen and oxygen atoms in total. The monoisotopic (exact) mass is 461 g/mol. The fourth-order valence-electron chi connectivity index (χ4n) is 3.49. The molecule has 2 atom stereocenters. The normalized spacial score (nSPS) is 19.1. The second kappa shape index (κ2) is 9.92. The van der Waals surface area contributed by atoms with Gasteiger partial charge in [-0.05, 0) is 57.2 Å².